The summed E-state index contributed by atoms with van der Waals surface area (Å²) in [4.78, 5) is 4.39. The highest BCUT2D eigenvalue weighted by atomic mass is 79.9. The first kappa shape index (κ1) is 27.3. The van der Waals surface area contributed by atoms with Crippen LogP contribution in [0, 0.1) is 0 Å². The summed E-state index contributed by atoms with van der Waals surface area (Å²) in [7, 11) is -3.34. The topological polar surface area (TPSA) is 81.4 Å². The maximum absolute atomic E-state index is 11.3. The Bertz CT molecular complexity index is 1210. The van der Waals surface area contributed by atoms with Gasteiger partial charge < -0.3 is 9.15 Å². The first-order valence-corrected chi connectivity index (χ1v) is 14.4. The van der Waals surface area contributed by atoms with E-state index in [-0.39, 0.29) is 18.4 Å². The number of alkyl halides is 1. The average Bonchev–Trinajstić information content (AvgIpc) is 3.15. The van der Waals surface area contributed by atoms with Crippen LogP contribution in [0.3, 0.4) is 0 Å². The molecule has 0 saturated heterocycles. The fraction of sp³-hybridized carbons (Fsp3) is 0.348. The van der Waals surface area contributed by atoms with Gasteiger partial charge in [-0.05, 0) is 57.9 Å². The molecule has 0 fully saturated rings. The van der Waals surface area contributed by atoms with Crippen molar-refractivity contribution in [3.63, 3.8) is 0 Å². The van der Waals surface area contributed by atoms with E-state index in [4.69, 9.17) is 44.0 Å². The third-order valence-electron chi connectivity index (χ3n) is 5.00. The number of hydrogen-bond donors (Lipinski definition) is 1. The standard InChI is InChI=1S/C23H24BrCl3N2O4S/c1-14(17-11-18(26)22(19(27)12-17)32-9-3-8-25)10-15-4-6-16(7-5-15)21-23(24)33-20(29-21)13-28-34(2,30)31/h4-7,11-12,14,28H,3,8-10,13H2,1-2H3/t14-/m1/s1. The maximum Gasteiger partial charge on any atom is 0.211 e. The number of ether oxygens (including phenoxy) is 1. The number of benzene rings is 2. The van der Waals surface area contributed by atoms with Gasteiger partial charge in [0.2, 0.25) is 15.9 Å². The number of aromatic nitrogens is 1. The van der Waals surface area contributed by atoms with E-state index in [1.54, 1.807) is 0 Å². The van der Waals surface area contributed by atoms with E-state index in [0.29, 0.717) is 45.1 Å². The normalized spacial score (nSPS) is 12.6. The van der Waals surface area contributed by atoms with E-state index < -0.39 is 10.0 Å². The van der Waals surface area contributed by atoms with Crippen molar-refractivity contribution >= 4 is 60.8 Å². The van der Waals surface area contributed by atoms with E-state index in [0.717, 1.165) is 29.4 Å². The van der Waals surface area contributed by atoms with E-state index in [1.165, 1.54) is 0 Å². The van der Waals surface area contributed by atoms with Crippen molar-refractivity contribution in [2.24, 2.45) is 0 Å². The number of nitrogens with zero attached hydrogens (tertiary/aromatic N) is 1. The zero-order valence-corrected chi connectivity index (χ0v) is 23.2. The number of halogens is 4. The van der Waals surface area contributed by atoms with Gasteiger partial charge in [0.15, 0.2) is 10.4 Å². The van der Waals surface area contributed by atoms with Crippen molar-refractivity contribution in [3.8, 4) is 17.0 Å². The highest BCUT2D eigenvalue weighted by Crippen LogP contribution is 2.37. The van der Waals surface area contributed by atoms with Gasteiger partial charge in [-0.3, -0.25) is 0 Å². The van der Waals surface area contributed by atoms with E-state index >= 15 is 0 Å². The van der Waals surface area contributed by atoms with Crippen LogP contribution < -0.4 is 9.46 Å². The summed E-state index contributed by atoms with van der Waals surface area (Å²) in [5, 5.41) is 0.965. The zero-order chi connectivity index (χ0) is 24.9. The van der Waals surface area contributed by atoms with Crippen molar-refractivity contribution < 1.29 is 17.6 Å². The molecule has 6 nitrogen and oxygen atoms in total. The van der Waals surface area contributed by atoms with Crippen LogP contribution in [0.25, 0.3) is 11.3 Å². The second-order valence-electron chi connectivity index (χ2n) is 7.83. The van der Waals surface area contributed by atoms with Gasteiger partial charge >= 0.3 is 0 Å². The fourth-order valence-corrected chi connectivity index (χ4v) is 4.90. The van der Waals surface area contributed by atoms with Crippen LogP contribution in [0.5, 0.6) is 5.75 Å². The molecule has 34 heavy (non-hydrogen) atoms. The number of hydrogen-bond acceptors (Lipinski definition) is 5. The Kier molecular flexibility index (Phi) is 9.72. The molecule has 0 aliphatic heterocycles. The molecule has 184 valence electrons. The minimum absolute atomic E-state index is 0.0192. The zero-order valence-electron chi connectivity index (χ0n) is 18.6. The quantitative estimate of drug-likeness (QED) is 0.191. The van der Waals surface area contributed by atoms with Crippen molar-refractivity contribution in [1.29, 1.82) is 0 Å². The van der Waals surface area contributed by atoms with Crippen molar-refractivity contribution in [2.45, 2.75) is 32.2 Å². The predicted molar refractivity (Wildman–Crippen MR) is 141 cm³/mol. The molecule has 1 atom stereocenters. The largest absolute Gasteiger partial charge is 0.490 e. The molecule has 2 aromatic carbocycles. The van der Waals surface area contributed by atoms with Gasteiger partial charge in [-0.25, -0.2) is 18.1 Å². The van der Waals surface area contributed by atoms with E-state index in [2.05, 4.69) is 32.6 Å². The van der Waals surface area contributed by atoms with Gasteiger partial charge in [0.25, 0.3) is 0 Å². The van der Waals surface area contributed by atoms with Gasteiger partial charge in [0.1, 0.15) is 5.69 Å². The molecule has 0 radical (unpaired) electrons. The van der Waals surface area contributed by atoms with Crippen LogP contribution in [-0.4, -0.2) is 32.1 Å². The molecule has 0 aliphatic rings. The summed E-state index contributed by atoms with van der Waals surface area (Å²) in [6.07, 6.45) is 2.58. The molecule has 0 unspecified atom stereocenters. The van der Waals surface area contributed by atoms with E-state index in [1.807, 2.05) is 36.4 Å². The molecule has 0 aliphatic carbocycles. The molecule has 1 aromatic heterocycles. The Hall–Kier alpha value is -1.29. The van der Waals surface area contributed by atoms with Crippen molar-refractivity contribution in [3.05, 3.63) is 68.1 Å². The number of sulfonamides is 1. The number of nitrogens with one attached hydrogen (secondary N) is 1. The molecule has 1 heterocycles. The van der Waals surface area contributed by atoms with Crippen LogP contribution >= 0.6 is 50.7 Å². The minimum atomic E-state index is -3.34. The Morgan fingerprint density at radius 2 is 1.82 bits per heavy atom. The van der Waals surface area contributed by atoms with Crippen LogP contribution in [0.4, 0.5) is 0 Å². The average molecular weight is 611 g/mol. The lowest BCUT2D eigenvalue weighted by atomic mass is 9.93. The molecule has 0 bridgehead atoms. The Morgan fingerprint density at radius 3 is 2.41 bits per heavy atom. The number of oxazole rings is 1. The Balaban J connectivity index is 1.68. The first-order chi connectivity index (χ1) is 16.1. The molecular formula is C23H24BrCl3N2O4S. The van der Waals surface area contributed by atoms with Crippen molar-refractivity contribution in [1.82, 2.24) is 9.71 Å². The maximum atomic E-state index is 11.3. The smallest absolute Gasteiger partial charge is 0.211 e. The highest BCUT2D eigenvalue weighted by molar-refractivity contribution is 9.10. The molecule has 0 amide bonds. The Morgan fingerprint density at radius 1 is 1.18 bits per heavy atom. The predicted octanol–water partition coefficient (Wildman–Crippen LogP) is 6.81. The lowest BCUT2D eigenvalue weighted by Crippen LogP contribution is -2.21. The van der Waals surface area contributed by atoms with Gasteiger partial charge in [-0.2, -0.15) is 0 Å². The summed E-state index contributed by atoms with van der Waals surface area (Å²) in [5.74, 6) is 1.44. The third-order valence-corrected chi connectivity index (χ3v) is 7.03. The van der Waals surface area contributed by atoms with Gasteiger partial charge in [-0.15, -0.1) is 11.6 Å². The minimum Gasteiger partial charge on any atom is -0.490 e. The molecule has 11 heteroatoms. The lowest BCUT2D eigenvalue weighted by Gasteiger charge is -2.16. The first-order valence-electron chi connectivity index (χ1n) is 10.4. The second kappa shape index (κ2) is 12.1. The summed E-state index contributed by atoms with van der Waals surface area (Å²) in [6.45, 7) is 2.55. The second-order valence-corrected chi connectivity index (χ2v) is 11.6. The van der Waals surface area contributed by atoms with Crippen LogP contribution in [-0.2, 0) is 23.0 Å². The van der Waals surface area contributed by atoms with Crippen molar-refractivity contribution in [2.75, 3.05) is 18.7 Å². The van der Waals surface area contributed by atoms with Crippen LogP contribution in [0.2, 0.25) is 10.0 Å². The molecule has 3 aromatic rings. The summed E-state index contributed by atoms with van der Waals surface area (Å²) < 4.78 is 36.5. The molecule has 3 rings (SSSR count). The number of rotatable bonds is 11. The monoisotopic (exact) mass is 608 g/mol. The van der Waals surface area contributed by atoms with Crippen LogP contribution in [0.15, 0.2) is 45.5 Å². The molecule has 1 N–H and O–H groups in total. The van der Waals surface area contributed by atoms with E-state index in [9.17, 15) is 8.42 Å². The molecular weight excluding hydrogens is 587 g/mol. The van der Waals surface area contributed by atoms with Gasteiger partial charge in [0.05, 0.1) is 29.5 Å². The van der Waals surface area contributed by atoms with Gasteiger partial charge in [0, 0.05) is 11.4 Å². The summed E-state index contributed by atoms with van der Waals surface area (Å²) in [6, 6.07) is 11.7. The summed E-state index contributed by atoms with van der Waals surface area (Å²) in [5.41, 5.74) is 3.60. The highest BCUT2D eigenvalue weighted by Gasteiger charge is 2.16. The SMILES string of the molecule is C[C@H](Cc1ccc(-c2nc(CNS(C)(=O)=O)oc2Br)cc1)c1cc(Cl)c(OCCCCl)c(Cl)c1. The fourth-order valence-electron chi connectivity index (χ4n) is 3.29. The van der Waals surface area contributed by atoms with Crippen LogP contribution in [0.1, 0.15) is 36.3 Å². The van der Waals surface area contributed by atoms with Gasteiger partial charge in [-0.1, -0.05) is 54.4 Å². The summed E-state index contributed by atoms with van der Waals surface area (Å²) >= 11 is 21.9. The third kappa shape index (κ3) is 7.60. The molecule has 0 saturated carbocycles. The molecule has 0 spiro atoms. The lowest BCUT2D eigenvalue weighted by molar-refractivity contribution is 0.318. The Labute approximate surface area is 223 Å².